The van der Waals surface area contributed by atoms with Crippen LogP contribution in [0.1, 0.15) is 11.1 Å². The van der Waals surface area contributed by atoms with Gasteiger partial charge in [0.1, 0.15) is 5.01 Å². The molecule has 0 atom stereocenters. The molecule has 0 radical (unpaired) electrons. The van der Waals surface area contributed by atoms with Gasteiger partial charge in [0, 0.05) is 25.5 Å². The first kappa shape index (κ1) is 14.9. The van der Waals surface area contributed by atoms with Crippen molar-refractivity contribution in [3.63, 3.8) is 0 Å². The molecule has 1 nitrogen and oxygen atoms in total. The Kier molecular flexibility index (Phi) is 4.29. The zero-order valence-corrected chi connectivity index (χ0v) is 15.6. The monoisotopic (exact) mass is 421 g/mol. The summed E-state index contributed by atoms with van der Waals surface area (Å²) in [5.41, 5.74) is 5.82. The van der Waals surface area contributed by atoms with Crippen LogP contribution in [-0.2, 0) is 0 Å². The predicted molar refractivity (Wildman–Crippen MR) is 97.9 cm³/mol. The highest BCUT2D eigenvalue weighted by molar-refractivity contribution is 9.10. The molecule has 0 saturated carbocycles. The Morgan fingerprint density at radius 3 is 2.33 bits per heavy atom. The molecule has 0 unspecified atom stereocenters. The van der Waals surface area contributed by atoms with Crippen molar-refractivity contribution in [1.82, 2.24) is 4.98 Å². The second kappa shape index (κ2) is 6.03. The first-order valence-electron chi connectivity index (χ1n) is 6.53. The fourth-order valence-corrected chi connectivity index (χ4v) is 3.70. The van der Waals surface area contributed by atoms with E-state index >= 15 is 0 Å². The van der Waals surface area contributed by atoms with Gasteiger partial charge < -0.3 is 0 Å². The molecule has 0 saturated heterocycles. The second-order valence-corrected chi connectivity index (χ2v) is 7.54. The van der Waals surface area contributed by atoms with Gasteiger partial charge in [-0.15, -0.1) is 11.3 Å². The van der Waals surface area contributed by atoms with Crippen LogP contribution < -0.4 is 0 Å². The zero-order chi connectivity index (χ0) is 15.0. The number of nitrogens with zero attached hydrogens (tertiary/aromatic N) is 1. The summed E-state index contributed by atoms with van der Waals surface area (Å²) in [5, 5.41) is 3.17. The maximum Gasteiger partial charge on any atom is 0.124 e. The number of rotatable bonds is 2. The molecule has 3 aromatic rings. The van der Waals surface area contributed by atoms with Gasteiger partial charge in [-0.1, -0.05) is 44.0 Å². The van der Waals surface area contributed by atoms with E-state index in [0.29, 0.717) is 0 Å². The van der Waals surface area contributed by atoms with Gasteiger partial charge in [0.2, 0.25) is 0 Å². The molecule has 2 aromatic carbocycles. The second-order valence-electron chi connectivity index (χ2n) is 4.97. The Bertz CT molecular complexity index is 785. The summed E-state index contributed by atoms with van der Waals surface area (Å²) in [6.45, 7) is 4.23. The molecule has 21 heavy (non-hydrogen) atoms. The highest BCUT2D eigenvalue weighted by Crippen LogP contribution is 2.33. The van der Waals surface area contributed by atoms with Crippen LogP contribution in [0.4, 0.5) is 0 Å². The van der Waals surface area contributed by atoms with E-state index in [1.807, 2.05) is 12.1 Å². The number of thiazole rings is 1. The number of aromatic nitrogens is 1. The van der Waals surface area contributed by atoms with Crippen molar-refractivity contribution in [3.8, 4) is 21.8 Å². The first-order valence-corrected chi connectivity index (χ1v) is 9.00. The number of benzene rings is 2. The molecule has 1 aromatic heterocycles. The zero-order valence-electron chi connectivity index (χ0n) is 11.7. The smallest absolute Gasteiger partial charge is 0.124 e. The van der Waals surface area contributed by atoms with E-state index in [-0.39, 0.29) is 0 Å². The van der Waals surface area contributed by atoms with Crippen molar-refractivity contribution < 1.29 is 0 Å². The fourth-order valence-electron chi connectivity index (χ4n) is 2.26. The average Bonchev–Trinajstić information content (AvgIpc) is 2.94. The van der Waals surface area contributed by atoms with Crippen LogP contribution in [0.3, 0.4) is 0 Å². The van der Waals surface area contributed by atoms with Crippen molar-refractivity contribution >= 4 is 43.2 Å². The van der Waals surface area contributed by atoms with E-state index in [4.69, 9.17) is 4.98 Å². The average molecular weight is 423 g/mol. The summed E-state index contributed by atoms with van der Waals surface area (Å²) in [6, 6.07) is 12.6. The number of hydrogen-bond acceptors (Lipinski definition) is 2. The van der Waals surface area contributed by atoms with Crippen LogP contribution >= 0.6 is 43.2 Å². The van der Waals surface area contributed by atoms with E-state index in [9.17, 15) is 0 Å². The van der Waals surface area contributed by atoms with Crippen molar-refractivity contribution in [1.29, 1.82) is 0 Å². The van der Waals surface area contributed by atoms with Gasteiger partial charge >= 0.3 is 0 Å². The molecular weight excluding hydrogens is 410 g/mol. The van der Waals surface area contributed by atoms with Crippen LogP contribution in [0.5, 0.6) is 0 Å². The maximum atomic E-state index is 4.79. The summed E-state index contributed by atoms with van der Waals surface area (Å²) in [7, 11) is 0. The Morgan fingerprint density at radius 2 is 1.67 bits per heavy atom. The Labute approximate surface area is 145 Å². The number of aryl methyl sites for hydroxylation is 2. The molecule has 3 rings (SSSR count). The fraction of sp³-hybridized carbons (Fsp3) is 0.118. The molecule has 1 heterocycles. The normalized spacial score (nSPS) is 10.9. The SMILES string of the molecule is Cc1cc(-c2nc(-c3cccc(Br)c3)cs2)cc(C)c1Br. The quantitative estimate of drug-likeness (QED) is 0.452. The van der Waals surface area contributed by atoms with Gasteiger partial charge in [-0.3, -0.25) is 0 Å². The first-order chi connectivity index (χ1) is 10.0. The molecule has 0 amide bonds. The van der Waals surface area contributed by atoms with Gasteiger partial charge in [0.25, 0.3) is 0 Å². The number of halogens is 2. The van der Waals surface area contributed by atoms with Crippen molar-refractivity contribution in [2.75, 3.05) is 0 Å². The Hall–Kier alpha value is -0.970. The van der Waals surface area contributed by atoms with Crippen LogP contribution in [0.25, 0.3) is 21.8 Å². The summed E-state index contributed by atoms with van der Waals surface area (Å²) in [5.74, 6) is 0. The van der Waals surface area contributed by atoms with Gasteiger partial charge in [0.15, 0.2) is 0 Å². The molecule has 0 N–H and O–H groups in total. The van der Waals surface area contributed by atoms with Gasteiger partial charge in [0.05, 0.1) is 5.69 Å². The molecule has 106 valence electrons. The van der Waals surface area contributed by atoms with Crippen LogP contribution in [0, 0.1) is 13.8 Å². The molecule has 0 aliphatic heterocycles. The van der Waals surface area contributed by atoms with Gasteiger partial charge in [-0.05, 0) is 49.2 Å². The van der Waals surface area contributed by atoms with E-state index in [1.165, 1.54) is 21.2 Å². The molecule has 0 fully saturated rings. The van der Waals surface area contributed by atoms with E-state index in [0.717, 1.165) is 20.7 Å². The summed E-state index contributed by atoms with van der Waals surface area (Å²) < 4.78 is 2.25. The third-order valence-electron chi connectivity index (χ3n) is 3.31. The van der Waals surface area contributed by atoms with Crippen LogP contribution in [0.2, 0.25) is 0 Å². The topological polar surface area (TPSA) is 12.9 Å². The minimum Gasteiger partial charge on any atom is -0.236 e. The highest BCUT2D eigenvalue weighted by atomic mass is 79.9. The highest BCUT2D eigenvalue weighted by Gasteiger charge is 2.09. The molecule has 0 bridgehead atoms. The lowest BCUT2D eigenvalue weighted by Crippen LogP contribution is -1.85. The third kappa shape index (κ3) is 3.12. The predicted octanol–water partition coefficient (Wildman–Crippen LogP) is 6.62. The van der Waals surface area contributed by atoms with Crippen LogP contribution in [-0.4, -0.2) is 4.98 Å². The minimum atomic E-state index is 1.02. The minimum absolute atomic E-state index is 1.02. The molecule has 0 aliphatic rings. The van der Waals surface area contributed by atoms with Crippen LogP contribution in [0.15, 0.2) is 50.7 Å². The largest absolute Gasteiger partial charge is 0.236 e. The third-order valence-corrected chi connectivity index (χ3v) is 5.94. The molecule has 0 aliphatic carbocycles. The van der Waals surface area contributed by atoms with Gasteiger partial charge in [-0.25, -0.2) is 4.98 Å². The summed E-state index contributed by atoms with van der Waals surface area (Å²) >= 11 is 8.81. The van der Waals surface area contributed by atoms with Crippen molar-refractivity contribution in [2.24, 2.45) is 0 Å². The van der Waals surface area contributed by atoms with Crippen molar-refractivity contribution in [2.45, 2.75) is 13.8 Å². The standard InChI is InChI=1S/C17H13Br2NS/c1-10-6-13(7-11(2)16(10)19)17-20-15(9-21-17)12-4-3-5-14(18)8-12/h3-9H,1-2H3. The van der Waals surface area contributed by atoms with E-state index < -0.39 is 0 Å². The maximum absolute atomic E-state index is 4.79. The van der Waals surface area contributed by atoms with Crippen molar-refractivity contribution in [3.05, 3.63) is 61.9 Å². The summed E-state index contributed by atoms with van der Waals surface area (Å²) in [6.07, 6.45) is 0. The molecule has 0 spiro atoms. The molecular formula is C17H13Br2NS. The van der Waals surface area contributed by atoms with E-state index in [1.54, 1.807) is 11.3 Å². The Morgan fingerprint density at radius 1 is 0.952 bits per heavy atom. The Balaban J connectivity index is 2.02. The lowest BCUT2D eigenvalue weighted by Gasteiger charge is -2.05. The van der Waals surface area contributed by atoms with Gasteiger partial charge in [-0.2, -0.15) is 0 Å². The number of hydrogen-bond donors (Lipinski definition) is 0. The lowest BCUT2D eigenvalue weighted by atomic mass is 10.1. The summed E-state index contributed by atoms with van der Waals surface area (Å²) in [4.78, 5) is 4.79. The lowest BCUT2D eigenvalue weighted by molar-refractivity contribution is 1.32. The van der Waals surface area contributed by atoms with E-state index in [2.05, 4.69) is 75.4 Å². The molecule has 4 heteroatoms.